The van der Waals surface area contributed by atoms with Crippen LogP contribution in [0.25, 0.3) is 0 Å². The van der Waals surface area contributed by atoms with Crippen LogP contribution in [0.4, 0.5) is 5.69 Å². The SMILES string of the molecule is CCN(C)CC1CCN(c2ccnc(C)c2)C1. The van der Waals surface area contributed by atoms with Crippen LogP contribution in [-0.4, -0.2) is 43.1 Å². The van der Waals surface area contributed by atoms with E-state index in [2.05, 4.69) is 47.8 Å². The van der Waals surface area contributed by atoms with Gasteiger partial charge in [0.2, 0.25) is 0 Å². The summed E-state index contributed by atoms with van der Waals surface area (Å²) in [6.07, 6.45) is 3.22. The molecular formula is C14H23N3. The van der Waals surface area contributed by atoms with E-state index in [0.717, 1.165) is 18.2 Å². The van der Waals surface area contributed by atoms with Crippen molar-refractivity contribution in [2.24, 2.45) is 5.92 Å². The molecule has 0 N–H and O–H groups in total. The Balaban J connectivity index is 1.93. The molecule has 1 aliphatic heterocycles. The molecule has 2 heterocycles. The monoisotopic (exact) mass is 233 g/mol. The number of aromatic nitrogens is 1. The second-order valence-corrected chi connectivity index (χ2v) is 5.11. The predicted octanol–water partition coefficient (Wildman–Crippen LogP) is 2.17. The molecule has 1 unspecified atom stereocenters. The summed E-state index contributed by atoms with van der Waals surface area (Å²) in [7, 11) is 2.21. The molecule has 3 heteroatoms. The van der Waals surface area contributed by atoms with Crippen LogP contribution in [0.2, 0.25) is 0 Å². The summed E-state index contributed by atoms with van der Waals surface area (Å²) in [6, 6.07) is 4.31. The largest absolute Gasteiger partial charge is 0.371 e. The molecule has 1 saturated heterocycles. The first-order valence-corrected chi connectivity index (χ1v) is 6.55. The van der Waals surface area contributed by atoms with Gasteiger partial charge >= 0.3 is 0 Å². The Morgan fingerprint density at radius 1 is 1.53 bits per heavy atom. The number of nitrogens with zero attached hydrogens (tertiary/aromatic N) is 3. The maximum atomic E-state index is 4.26. The van der Waals surface area contributed by atoms with Gasteiger partial charge in [-0.1, -0.05) is 6.92 Å². The van der Waals surface area contributed by atoms with Crippen LogP contribution < -0.4 is 4.90 Å². The molecule has 1 aromatic rings. The molecule has 0 aliphatic carbocycles. The number of rotatable bonds is 4. The number of pyridine rings is 1. The van der Waals surface area contributed by atoms with Crippen molar-refractivity contribution < 1.29 is 0 Å². The van der Waals surface area contributed by atoms with E-state index in [1.165, 1.54) is 31.7 Å². The molecule has 0 spiro atoms. The second kappa shape index (κ2) is 5.50. The van der Waals surface area contributed by atoms with Crippen molar-refractivity contribution in [2.45, 2.75) is 20.3 Å². The lowest BCUT2D eigenvalue weighted by Crippen LogP contribution is -2.28. The van der Waals surface area contributed by atoms with Crippen LogP contribution in [0.1, 0.15) is 19.0 Å². The van der Waals surface area contributed by atoms with Crippen LogP contribution in [-0.2, 0) is 0 Å². The Morgan fingerprint density at radius 2 is 2.35 bits per heavy atom. The predicted molar refractivity (Wildman–Crippen MR) is 72.5 cm³/mol. The number of aryl methyl sites for hydroxylation is 1. The molecule has 94 valence electrons. The van der Waals surface area contributed by atoms with Crippen LogP contribution in [0, 0.1) is 12.8 Å². The minimum absolute atomic E-state index is 0.813. The number of hydrogen-bond acceptors (Lipinski definition) is 3. The molecule has 1 atom stereocenters. The zero-order valence-corrected chi connectivity index (χ0v) is 11.2. The lowest BCUT2D eigenvalue weighted by atomic mass is 10.1. The standard InChI is InChI=1S/C14H23N3/c1-4-16(3)10-13-6-8-17(11-13)14-5-7-15-12(2)9-14/h5,7,9,13H,4,6,8,10-11H2,1-3H3. The van der Waals surface area contributed by atoms with Crippen LogP contribution in [0.15, 0.2) is 18.3 Å². The van der Waals surface area contributed by atoms with Gasteiger partial charge in [-0.05, 0) is 45.0 Å². The van der Waals surface area contributed by atoms with Crippen molar-refractivity contribution in [1.82, 2.24) is 9.88 Å². The molecule has 0 amide bonds. The smallest absolute Gasteiger partial charge is 0.0399 e. The van der Waals surface area contributed by atoms with E-state index in [4.69, 9.17) is 0 Å². The van der Waals surface area contributed by atoms with E-state index in [1.807, 2.05) is 6.20 Å². The van der Waals surface area contributed by atoms with Crippen LogP contribution in [0.5, 0.6) is 0 Å². The molecule has 1 aliphatic rings. The molecule has 0 radical (unpaired) electrons. The van der Waals surface area contributed by atoms with Crippen LogP contribution >= 0.6 is 0 Å². The zero-order valence-electron chi connectivity index (χ0n) is 11.2. The van der Waals surface area contributed by atoms with Gasteiger partial charge in [-0.2, -0.15) is 0 Å². The van der Waals surface area contributed by atoms with Crippen molar-refractivity contribution in [1.29, 1.82) is 0 Å². The van der Waals surface area contributed by atoms with Gasteiger partial charge in [0.1, 0.15) is 0 Å². The van der Waals surface area contributed by atoms with E-state index in [0.29, 0.717) is 0 Å². The van der Waals surface area contributed by atoms with Gasteiger partial charge in [-0.25, -0.2) is 0 Å². The van der Waals surface area contributed by atoms with Gasteiger partial charge in [-0.15, -0.1) is 0 Å². The summed E-state index contributed by atoms with van der Waals surface area (Å²) in [5, 5.41) is 0. The second-order valence-electron chi connectivity index (χ2n) is 5.11. The Morgan fingerprint density at radius 3 is 3.06 bits per heavy atom. The lowest BCUT2D eigenvalue weighted by Gasteiger charge is -2.21. The third-order valence-electron chi connectivity index (χ3n) is 3.64. The summed E-state index contributed by atoms with van der Waals surface area (Å²) in [5.41, 5.74) is 2.44. The molecule has 2 rings (SSSR count). The number of anilines is 1. The van der Waals surface area contributed by atoms with Crippen molar-refractivity contribution in [3.8, 4) is 0 Å². The third-order valence-corrected chi connectivity index (χ3v) is 3.64. The number of hydrogen-bond donors (Lipinski definition) is 0. The van der Waals surface area contributed by atoms with Gasteiger partial charge < -0.3 is 9.80 Å². The minimum Gasteiger partial charge on any atom is -0.371 e. The first-order chi connectivity index (χ1) is 8.19. The summed E-state index contributed by atoms with van der Waals surface area (Å²) < 4.78 is 0. The molecular weight excluding hydrogens is 210 g/mol. The fourth-order valence-electron chi connectivity index (χ4n) is 2.51. The van der Waals surface area contributed by atoms with Crippen molar-refractivity contribution in [3.05, 3.63) is 24.0 Å². The molecule has 0 aromatic carbocycles. The Hall–Kier alpha value is -1.09. The normalized spacial score (nSPS) is 20.2. The van der Waals surface area contributed by atoms with E-state index in [1.54, 1.807) is 0 Å². The van der Waals surface area contributed by atoms with Crippen molar-refractivity contribution in [2.75, 3.05) is 38.1 Å². The molecule has 0 saturated carbocycles. The summed E-state index contributed by atoms with van der Waals surface area (Å²) in [5.74, 6) is 0.813. The van der Waals surface area contributed by atoms with Crippen LogP contribution in [0.3, 0.4) is 0 Å². The quantitative estimate of drug-likeness (QED) is 0.794. The maximum Gasteiger partial charge on any atom is 0.0399 e. The maximum absolute atomic E-state index is 4.26. The Bertz CT molecular complexity index is 364. The highest BCUT2D eigenvalue weighted by Gasteiger charge is 2.23. The fourth-order valence-corrected chi connectivity index (χ4v) is 2.51. The fraction of sp³-hybridized carbons (Fsp3) is 0.643. The highest BCUT2D eigenvalue weighted by atomic mass is 15.2. The first kappa shape index (κ1) is 12.4. The zero-order chi connectivity index (χ0) is 12.3. The van der Waals surface area contributed by atoms with E-state index >= 15 is 0 Å². The highest BCUT2D eigenvalue weighted by Crippen LogP contribution is 2.24. The summed E-state index contributed by atoms with van der Waals surface area (Å²) >= 11 is 0. The Kier molecular flexibility index (Phi) is 4.00. The van der Waals surface area contributed by atoms with E-state index in [-0.39, 0.29) is 0 Å². The minimum atomic E-state index is 0.813. The average Bonchev–Trinajstić information content (AvgIpc) is 2.77. The van der Waals surface area contributed by atoms with E-state index < -0.39 is 0 Å². The Labute approximate surface area is 104 Å². The topological polar surface area (TPSA) is 19.4 Å². The van der Waals surface area contributed by atoms with Gasteiger partial charge in [0, 0.05) is 37.2 Å². The van der Waals surface area contributed by atoms with E-state index in [9.17, 15) is 0 Å². The molecule has 1 fully saturated rings. The lowest BCUT2D eigenvalue weighted by molar-refractivity contribution is 0.300. The van der Waals surface area contributed by atoms with Gasteiger partial charge in [0.05, 0.1) is 0 Å². The average molecular weight is 233 g/mol. The van der Waals surface area contributed by atoms with Gasteiger partial charge in [-0.3, -0.25) is 4.98 Å². The highest BCUT2D eigenvalue weighted by molar-refractivity contribution is 5.47. The van der Waals surface area contributed by atoms with Crippen molar-refractivity contribution in [3.63, 3.8) is 0 Å². The molecule has 1 aromatic heterocycles. The van der Waals surface area contributed by atoms with Gasteiger partial charge in [0.25, 0.3) is 0 Å². The molecule has 17 heavy (non-hydrogen) atoms. The molecule has 3 nitrogen and oxygen atoms in total. The van der Waals surface area contributed by atoms with Crippen molar-refractivity contribution >= 4 is 5.69 Å². The van der Waals surface area contributed by atoms with Gasteiger partial charge in [0.15, 0.2) is 0 Å². The first-order valence-electron chi connectivity index (χ1n) is 6.55. The summed E-state index contributed by atoms with van der Waals surface area (Å²) in [4.78, 5) is 9.15. The summed E-state index contributed by atoms with van der Waals surface area (Å²) in [6.45, 7) is 9.02. The molecule has 0 bridgehead atoms. The third kappa shape index (κ3) is 3.19.